The van der Waals surface area contributed by atoms with Gasteiger partial charge < -0.3 is 25.4 Å². The number of benzene rings is 1. The summed E-state index contributed by atoms with van der Waals surface area (Å²) < 4.78 is 5.28. The summed E-state index contributed by atoms with van der Waals surface area (Å²) in [6.45, 7) is 14.4. The van der Waals surface area contributed by atoms with Crippen molar-refractivity contribution in [1.82, 2.24) is 15.5 Å². The van der Waals surface area contributed by atoms with Crippen LogP contribution in [-0.2, 0) is 14.3 Å². The molecule has 3 amide bonds. The Morgan fingerprint density at radius 1 is 1.11 bits per heavy atom. The Bertz CT molecular complexity index is 863. The molecule has 0 bridgehead atoms. The van der Waals surface area contributed by atoms with Gasteiger partial charge in [-0.1, -0.05) is 63.5 Å². The fourth-order valence-corrected chi connectivity index (χ4v) is 3.78. The van der Waals surface area contributed by atoms with E-state index in [2.05, 4.69) is 24.1 Å². The molecule has 202 valence electrons. The highest BCUT2D eigenvalue weighted by molar-refractivity contribution is 5.92. The van der Waals surface area contributed by atoms with Crippen LogP contribution in [0.2, 0.25) is 0 Å². The minimum Gasteiger partial charge on any atom is -0.444 e. The van der Waals surface area contributed by atoms with E-state index in [9.17, 15) is 19.5 Å². The van der Waals surface area contributed by atoms with E-state index in [-0.39, 0.29) is 11.9 Å². The van der Waals surface area contributed by atoms with Crippen molar-refractivity contribution >= 4 is 24.0 Å². The van der Waals surface area contributed by atoms with E-state index in [0.29, 0.717) is 18.5 Å². The molecule has 8 nitrogen and oxygen atoms in total. The third-order valence-corrected chi connectivity index (χ3v) is 5.41. The van der Waals surface area contributed by atoms with Gasteiger partial charge in [0.1, 0.15) is 17.7 Å². The maximum Gasteiger partial charge on any atom is 0.408 e. The lowest BCUT2D eigenvalue weighted by Gasteiger charge is -2.34. The molecule has 1 aromatic rings. The lowest BCUT2D eigenvalue weighted by molar-refractivity contribution is -0.143. The Morgan fingerprint density at radius 2 is 1.78 bits per heavy atom. The zero-order valence-corrected chi connectivity index (χ0v) is 22.8. The number of ether oxygens (including phenoxy) is 1. The molecular weight excluding hydrogens is 458 g/mol. The number of carbonyl (C=O) groups is 3. The molecule has 2 unspecified atom stereocenters. The van der Waals surface area contributed by atoms with Crippen molar-refractivity contribution in [3.8, 4) is 0 Å². The monoisotopic (exact) mass is 503 g/mol. The predicted octanol–water partition coefficient (Wildman–Crippen LogP) is 4.58. The Labute approximate surface area is 216 Å². The first-order chi connectivity index (χ1) is 16.9. The first-order valence-corrected chi connectivity index (χ1v) is 12.9. The highest BCUT2D eigenvalue weighted by Gasteiger charge is 2.36. The van der Waals surface area contributed by atoms with E-state index in [1.54, 1.807) is 32.9 Å². The number of nitrogens with one attached hydrogen (secondary N) is 2. The van der Waals surface area contributed by atoms with Gasteiger partial charge in [-0.3, -0.25) is 9.59 Å². The summed E-state index contributed by atoms with van der Waals surface area (Å²) in [6, 6.07) is 4.96. The molecule has 0 aliphatic carbocycles. The Hall–Kier alpha value is -2.87. The molecule has 0 saturated carbocycles. The minimum absolute atomic E-state index is 0.141. The van der Waals surface area contributed by atoms with Crippen LogP contribution in [0.5, 0.6) is 0 Å². The first kappa shape index (κ1) is 31.2. The maximum absolute atomic E-state index is 13.8. The summed E-state index contributed by atoms with van der Waals surface area (Å²) in [5, 5.41) is 15.4. The standard InChI is InChI=1S/C28H45N3O5/c1-8-10-11-12-13-17-31(26(34)23(19-32)30-27(35)36-28(5,6)7)24(25(33)29-20(3)4)22-16-14-15-21(9-2)18-22/h9,14-16,18,20,23-24,32H,2,8,10-13,17,19H2,1,3-7H3,(H,29,33)(H,30,35). The topological polar surface area (TPSA) is 108 Å². The van der Waals surface area contributed by atoms with Crippen molar-refractivity contribution in [1.29, 1.82) is 0 Å². The second-order valence-electron chi connectivity index (χ2n) is 10.3. The number of unbranched alkanes of at least 4 members (excludes halogenated alkanes) is 4. The quantitative estimate of drug-likeness (QED) is 0.322. The van der Waals surface area contributed by atoms with Gasteiger partial charge in [0.25, 0.3) is 0 Å². The largest absolute Gasteiger partial charge is 0.444 e. The maximum atomic E-state index is 13.8. The normalized spacial score (nSPS) is 13.0. The van der Waals surface area contributed by atoms with Gasteiger partial charge in [-0.2, -0.15) is 0 Å². The van der Waals surface area contributed by atoms with Gasteiger partial charge in [0.15, 0.2) is 0 Å². The van der Waals surface area contributed by atoms with Crippen LogP contribution in [0.25, 0.3) is 6.08 Å². The number of rotatable bonds is 14. The Kier molecular flexibility index (Phi) is 13.2. The molecule has 1 aromatic carbocycles. The van der Waals surface area contributed by atoms with Gasteiger partial charge in [0.05, 0.1) is 6.61 Å². The number of amides is 3. The molecule has 0 radical (unpaired) electrons. The zero-order chi connectivity index (χ0) is 27.3. The summed E-state index contributed by atoms with van der Waals surface area (Å²) >= 11 is 0. The number of carbonyl (C=O) groups excluding carboxylic acids is 3. The third kappa shape index (κ3) is 10.8. The fraction of sp³-hybridized carbons (Fsp3) is 0.607. The predicted molar refractivity (Wildman–Crippen MR) is 143 cm³/mol. The smallest absolute Gasteiger partial charge is 0.408 e. The zero-order valence-electron chi connectivity index (χ0n) is 22.8. The molecular formula is C28H45N3O5. The Morgan fingerprint density at radius 3 is 2.33 bits per heavy atom. The molecule has 8 heteroatoms. The first-order valence-electron chi connectivity index (χ1n) is 12.9. The van der Waals surface area contributed by atoms with E-state index in [4.69, 9.17) is 4.74 Å². The van der Waals surface area contributed by atoms with Crippen molar-refractivity contribution in [3.63, 3.8) is 0 Å². The van der Waals surface area contributed by atoms with Crippen molar-refractivity contribution in [2.45, 2.75) is 97.4 Å². The molecule has 0 aromatic heterocycles. The van der Waals surface area contributed by atoms with Crippen molar-refractivity contribution in [3.05, 3.63) is 42.0 Å². The average molecular weight is 504 g/mol. The summed E-state index contributed by atoms with van der Waals surface area (Å²) in [4.78, 5) is 41.0. The molecule has 2 atom stereocenters. The molecule has 3 N–H and O–H groups in total. The van der Waals surface area contributed by atoms with E-state index in [0.717, 1.165) is 31.2 Å². The van der Waals surface area contributed by atoms with Crippen LogP contribution in [0.3, 0.4) is 0 Å². The molecule has 1 rings (SSSR count). The minimum atomic E-state index is -1.26. The molecule has 0 saturated heterocycles. The molecule has 0 heterocycles. The van der Waals surface area contributed by atoms with Gasteiger partial charge in [0, 0.05) is 12.6 Å². The number of hydrogen-bond acceptors (Lipinski definition) is 5. The highest BCUT2D eigenvalue weighted by Crippen LogP contribution is 2.25. The van der Waals surface area contributed by atoms with Crippen LogP contribution < -0.4 is 10.6 Å². The Balaban J connectivity index is 3.39. The van der Waals surface area contributed by atoms with Crippen molar-refractivity contribution in [2.24, 2.45) is 0 Å². The number of aliphatic hydroxyl groups excluding tert-OH is 1. The highest BCUT2D eigenvalue weighted by atomic mass is 16.6. The van der Waals surface area contributed by atoms with E-state index in [1.165, 1.54) is 4.90 Å². The van der Waals surface area contributed by atoms with Crippen molar-refractivity contribution in [2.75, 3.05) is 13.2 Å². The van der Waals surface area contributed by atoms with Crippen LogP contribution in [-0.4, -0.2) is 58.8 Å². The SMILES string of the molecule is C=Cc1cccc(C(C(=O)NC(C)C)N(CCCCCCC)C(=O)C(CO)NC(=O)OC(C)(C)C)c1. The van der Waals surface area contributed by atoms with Gasteiger partial charge >= 0.3 is 6.09 Å². The van der Waals surface area contributed by atoms with E-state index >= 15 is 0 Å². The second-order valence-corrected chi connectivity index (χ2v) is 10.3. The lowest BCUT2D eigenvalue weighted by Crippen LogP contribution is -2.55. The summed E-state index contributed by atoms with van der Waals surface area (Å²) in [5.41, 5.74) is 0.675. The lowest BCUT2D eigenvalue weighted by atomic mass is 9.99. The summed E-state index contributed by atoms with van der Waals surface area (Å²) in [6.07, 6.45) is 5.64. The summed E-state index contributed by atoms with van der Waals surface area (Å²) in [7, 11) is 0. The molecule has 0 aliphatic rings. The van der Waals surface area contributed by atoms with Crippen LogP contribution in [0.4, 0.5) is 4.79 Å². The van der Waals surface area contributed by atoms with E-state index < -0.39 is 36.3 Å². The van der Waals surface area contributed by atoms with Crippen LogP contribution in [0, 0.1) is 0 Å². The number of alkyl carbamates (subject to hydrolysis) is 1. The van der Waals surface area contributed by atoms with E-state index in [1.807, 2.05) is 32.0 Å². The van der Waals surface area contributed by atoms with Crippen LogP contribution in [0.1, 0.15) is 90.8 Å². The molecule has 0 aliphatic heterocycles. The van der Waals surface area contributed by atoms with Gasteiger partial charge in [0.2, 0.25) is 11.8 Å². The number of aliphatic hydroxyl groups is 1. The number of nitrogens with zero attached hydrogens (tertiary/aromatic N) is 1. The van der Waals surface area contributed by atoms with Crippen LogP contribution >= 0.6 is 0 Å². The van der Waals surface area contributed by atoms with Gasteiger partial charge in [-0.25, -0.2) is 4.79 Å². The van der Waals surface area contributed by atoms with Gasteiger partial charge in [-0.15, -0.1) is 0 Å². The second kappa shape index (κ2) is 15.3. The van der Waals surface area contributed by atoms with Crippen LogP contribution in [0.15, 0.2) is 30.8 Å². The third-order valence-electron chi connectivity index (χ3n) is 5.41. The molecule has 36 heavy (non-hydrogen) atoms. The average Bonchev–Trinajstić information content (AvgIpc) is 2.79. The van der Waals surface area contributed by atoms with Crippen molar-refractivity contribution < 1.29 is 24.2 Å². The fourth-order valence-electron chi connectivity index (χ4n) is 3.78. The molecule has 0 spiro atoms. The summed E-state index contributed by atoms with van der Waals surface area (Å²) in [5.74, 6) is -0.881. The molecule has 0 fully saturated rings. The number of hydrogen-bond donors (Lipinski definition) is 3. The van der Waals surface area contributed by atoms with Gasteiger partial charge in [-0.05, 0) is 58.2 Å².